The summed E-state index contributed by atoms with van der Waals surface area (Å²) in [5.74, 6) is 1.79. The van der Waals surface area contributed by atoms with Gasteiger partial charge in [0.1, 0.15) is 23.2 Å². The third-order valence-electron chi connectivity index (χ3n) is 3.88. The van der Waals surface area contributed by atoms with Gasteiger partial charge in [-0.1, -0.05) is 0 Å². The molecule has 1 aromatic carbocycles. The van der Waals surface area contributed by atoms with E-state index in [1.807, 2.05) is 27.7 Å². The van der Waals surface area contributed by atoms with Crippen molar-refractivity contribution in [2.45, 2.75) is 45.8 Å². The highest BCUT2D eigenvalue weighted by atomic mass is 16.6. The molecule has 9 heteroatoms. The van der Waals surface area contributed by atoms with Crippen molar-refractivity contribution in [2.24, 2.45) is 4.99 Å². The van der Waals surface area contributed by atoms with Crippen LogP contribution in [0.4, 0.5) is 4.79 Å². The van der Waals surface area contributed by atoms with Gasteiger partial charge in [-0.3, -0.25) is 4.99 Å². The number of alkyl carbamates (subject to hydrolysis) is 1. The molecule has 0 aliphatic rings. The van der Waals surface area contributed by atoms with Crippen LogP contribution < -0.4 is 25.4 Å². The number of ether oxygens (including phenoxy) is 3. The molecule has 0 aliphatic carbocycles. The summed E-state index contributed by atoms with van der Waals surface area (Å²) in [6.45, 7) is 9.33. The molecule has 30 heavy (non-hydrogen) atoms. The number of aliphatic hydroxyl groups excluding tert-OH is 1. The Morgan fingerprint density at radius 1 is 1.13 bits per heavy atom. The predicted molar refractivity (Wildman–Crippen MR) is 117 cm³/mol. The van der Waals surface area contributed by atoms with Crippen molar-refractivity contribution in [3.63, 3.8) is 0 Å². The van der Waals surface area contributed by atoms with E-state index in [4.69, 9.17) is 14.2 Å². The fraction of sp³-hybridized carbons (Fsp3) is 0.619. The number of guanidine groups is 1. The van der Waals surface area contributed by atoms with Crippen LogP contribution in [0, 0.1) is 0 Å². The van der Waals surface area contributed by atoms with E-state index in [0.717, 1.165) is 0 Å². The van der Waals surface area contributed by atoms with E-state index in [9.17, 15) is 9.90 Å². The highest BCUT2D eigenvalue weighted by Gasteiger charge is 2.16. The second-order valence-corrected chi connectivity index (χ2v) is 7.55. The van der Waals surface area contributed by atoms with Gasteiger partial charge in [-0.25, -0.2) is 4.79 Å². The number of aliphatic imine (C=N–C) groups is 1. The molecule has 170 valence electrons. The Morgan fingerprint density at radius 2 is 1.83 bits per heavy atom. The Kier molecular flexibility index (Phi) is 10.8. The molecule has 9 nitrogen and oxygen atoms in total. The molecule has 0 heterocycles. The van der Waals surface area contributed by atoms with Gasteiger partial charge in [-0.05, 0) is 52.3 Å². The number of nitrogens with one attached hydrogen (secondary N) is 3. The van der Waals surface area contributed by atoms with Gasteiger partial charge in [0.15, 0.2) is 5.96 Å². The number of carbonyl (C=O) groups is 1. The molecule has 4 N–H and O–H groups in total. The maximum atomic E-state index is 11.6. The summed E-state index contributed by atoms with van der Waals surface area (Å²) in [5, 5.41) is 19.6. The van der Waals surface area contributed by atoms with Crippen LogP contribution in [0.3, 0.4) is 0 Å². The molecule has 1 unspecified atom stereocenters. The Hall–Kier alpha value is -2.68. The van der Waals surface area contributed by atoms with Crippen LogP contribution in [0.25, 0.3) is 0 Å². The molecule has 0 bridgehead atoms. The zero-order valence-electron chi connectivity index (χ0n) is 18.9. The lowest BCUT2D eigenvalue weighted by Crippen LogP contribution is -2.39. The van der Waals surface area contributed by atoms with Crippen LogP contribution in [-0.4, -0.2) is 63.2 Å². The quantitative estimate of drug-likeness (QED) is 0.259. The maximum Gasteiger partial charge on any atom is 0.407 e. The van der Waals surface area contributed by atoms with Crippen molar-refractivity contribution in [1.82, 2.24) is 16.0 Å². The molecular formula is C21H36N4O5. The second-order valence-electron chi connectivity index (χ2n) is 7.55. The van der Waals surface area contributed by atoms with Crippen LogP contribution in [0.5, 0.6) is 11.5 Å². The van der Waals surface area contributed by atoms with Gasteiger partial charge < -0.3 is 35.3 Å². The lowest BCUT2D eigenvalue weighted by Gasteiger charge is -2.19. The highest BCUT2D eigenvalue weighted by molar-refractivity contribution is 5.79. The predicted octanol–water partition coefficient (Wildman–Crippen LogP) is 2.21. The van der Waals surface area contributed by atoms with E-state index in [-0.39, 0.29) is 6.54 Å². The summed E-state index contributed by atoms with van der Waals surface area (Å²) in [4.78, 5) is 16.1. The van der Waals surface area contributed by atoms with E-state index < -0.39 is 17.8 Å². The average Bonchev–Trinajstić information content (AvgIpc) is 2.69. The van der Waals surface area contributed by atoms with Gasteiger partial charge in [-0.2, -0.15) is 0 Å². The minimum absolute atomic E-state index is 0.148. The van der Waals surface area contributed by atoms with Crippen LogP contribution in [-0.2, 0) is 4.74 Å². The molecule has 1 amide bonds. The second kappa shape index (κ2) is 12.8. The van der Waals surface area contributed by atoms with E-state index in [0.29, 0.717) is 49.1 Å². The smallest absolute Gasteiger partial charge is 0.407 e. The number of aliphatic hydroxyl groups is 1. The van der Waals surface area contributed by atoms with E-state index in [1.54, 1.807) is 32.4 Å². The minimum atomic E-state index is -0.848. The molecular weight excluding hydrogens is 388 g/mol. The number of methoxy groups -OCH3 is 2. The number of nitrogens with zero attached hydrogens (tertiary/aromatic N) is 1. The topological polar surface area (TPSA) is 113 Å². The maximum absolute atomic E-state index is 11.6. The van der Waals surface area contributed by atoms with Gasteiger partial charge in [0, 0.05) is 25.2 Å². The van der Waals surface area contributed by atoms with Crippen LogP contribution in [0.15, 0.2) is 23.2 Å². The van der Waals surface area contributed by atoms with E-state index in [1.165, 1.54) is 0 Å². The number of hydrogen-bond acceptors (Lipinski definition) is 6. The number of amides is 1. The van der Waals surface area contributed by atoms with Gasteiger partial charge in [0.25, 0.3) is 0 Å². The van der Waals surface area contributed by atoms with Crippen LogP contribution >= 0.6 is 0 Å². The van der Waals surface area contributed by atoms with Gasteiger partial charge in [-0.15, -0.1) is 0 Å². The molecule has 1 rings (SSSR count). The molecule has 0 fully saturated rings. The van der Waals surface area contributed by atoms with Crippen molar-refractivity contribution < 1.29 is 24.1 Å². The summed E-state index contributed by atoms with van der Waals surface area (Å²) < 4.78 is 15.7. The zero-order chi connectivity index (χ0) is 22.6. The van der Waals surface area contributed by atoms with Crippen LogP contribution in [0.1, 0.15) is 45.8 Å². The summed E-state index contributed by atoms with van der Waals surface area (Å²) >= 11 is 0. The largest absolute Gasteiger partial charge is 0.497 e. The zero-order valence-corrected chi connectivity index (χ0v) is 18.9. The summed E-state index contributed by atoms with van der Waals surface area (Å²) in [5.41, 5.74) is 0.0949. The minimum Gasteiger partial charge on any atom is -0.497 e. The highest BCUT2D eigenvalue weighted by Crippen LogP contribution is 2.29. The summed E-state index contributed by atoms with van der Waals surface area (Å²) in [7, 11) is 3.12. The van der Waals surface area contributed by atoms with Crippen molar-refractivity contribution in [3.05, 3.63) is 23.8 Å². The molecule has 0 aliphatic heterocycles. The first-order chi connectivity index (χ1) is 14.2. The Labute approximate surface area is 179 Å². The van der Waals surface area contributed by atoms with Crippen molar-refractivity contribution in [2.75, 3.05) is 40.4 Å². The van der Waals surface area contributed by atoms with Gasteiger partial charge >= 0.3 is 6.09 Å². The standard InChI is InChI=1S/C21H36N4O5/c1-7-22-19(23-11-8-12-24-20(27)30-21(2,3)4)25-14-17(26)16-13-15(28-5)9-10-18(16)29-6/h9-10,13,17,26H,7-8,11-12,14H2,1-6H3,(H,24,27)(H2,22,23,25). The number of hydrogen-bond donors (Lipinski definition) is 4. The lowest BCUT2D eigenvalue weighted by molar-refractivity contribution is 0.0527. The SMILES string of the molecule is CCNC(=NCC(O)c1cc(OC)ccc1OC)NCCCNC(=O)OC(C)(C)C. The van der Waals surface area contributed by atoms with Crippen molar-refractivity contribution >= 4 is 12.1 Å². The molecule has 0 saturated carbocycles. The fourth-order valence-electron chi connectivity index (χ4n) is 2.52. The number of rotatable bonds is 10. The van der Waals surface area contributed by atoms with Crippen molar-refractivity contribution in [1.29, 1.82) is 0 Å². The summed E-state index contributed by atoms with van der Waals surface area (Å²) in [6, 6.07) is 5.26. The Bertz CT molecular complexity index is 688. The number of carbonyl (C=O) groups excluding carboxylic acids is 1. The van der Waals surface area contributed by atoms with E-state index in [2.05, 4.69) is 20.9 Å². The third kappa shape index (κ3) is 9.69. The molecule has 0 saturated heterocycles. The first-order valence-electron chi connectivity index (χ1n) is 10.1. The fourth-order valence-corrected chi connectivity index (χ4v) is 2.52. The third-order valence-corrected chi connectivity index (χ3v) is 3.88. The molecule has 1 aromatic rings. The Morgan fingerprint density at radius 3 is 2.43 bits per heavy atom. The average molecular weight is 425 g/mol. The van der Waals surface area contributed by atoms with Gasteiger partial charge in [0.2, 0.25) is 0 Å². The molecule has 0 radical (unpaired) electrons. The van der Waals surface area contributed by atoms with Gasteiger partial charge in [0.05, 0.1) is 20.8 Å². The lowest BCUT2D eigenvalue weighted by atomic mass is 10.1. The van der Waals surface area contributed by atoms with Crippen LogP contribution in [0.2, 0.25) is 0 Å². The number of benzene rings is 1. The first-order valence-corrected chi connectivity index (χ1v) is 10.1. The molecule has 1 atom stereocenters. The first kappa shape index (κ1) is 25.4. The molecule has 0 aromatic heterocycles. The molecule has 0 spiro atoms. The Balaban J connectivity index is 2.55. The monoisotopic (exact) mass is 424 g/mol. The van der Waals surface area contributed by atoms with E-state index >= 15 is 0 Å². The summed E-state index contributed by atoms with van der Waals surface area (Å²) in [6.07, 6.45) is -0.589. The normalized spacial score (nSPS) is 12.7. The van der Waals surface area contributed by atoms with Crippen molar-refractivity contribution in [3.8, 4) is 11.5 Å².